The van der Waals surface area contributed by atoms with Crippen molar-refractivity contribution in [1.82, 2.24) is 0 Å². The van der Waals surface area contributed by atoms with Gasteiger partial charge in [-0.1, -0.05) is 42.0 Å². The highest BCUT2D eigenvalue weighted by Gasteiger charge is 2.09. The molecule has 19 heavy (non-hydrogen) atoms. The lowest BCUT2D eigenvalue weighted by atomic mass is 9.99. The molecule has 0 heterocycles. The summed E-state index contributed by atoms with van der Waals surface area (Å²) in [6.45, 7) is 3.77. The van der Waals surface area contributed by atoms with Crippen LogP contribution in [0.25, 0.3) is 0 Å². The molecular weight excluding hydrogens is 239 g/mol. The minimum Gasteiger partial charge on any atom is -0.388 e. The minimum atomic E-state index is -0.542. The maximum absolute atomic E-state index is 13.2. The van der Waals surface area contributed by atoms with Gasteiger partial charge in [-0.25, -0.2) is 4.39 Å². The predicted octanol–water partition coefficient (Wildman–Crippen LogP) is 4.11. The fourth-order valence-electron chi connectivity index (χ4n) is 2.21. The van der Waals surface area contributed by atoms with Gasteiger partial charge in [0.05, 0.1) is 6.10 Å². The summed E-state index contributed by atoms with van der Waals surface area (Å²) in [5, 5.41) is 10.1. The topological polar surface area (TPSA) is 20.2 Å². The molecule has 2 rings (SSSR count). The number of aryl methyl sites for hydroxylation is 3. The summed E-state index contributed by atoms with van der Waals surface area (Å²) in [6.07, 6.45) is 0.924. The molecule has 2 heteroatoms. The molecule has 2 aromatic carbocycles. The summed E-state index contributed by atoms with van der Waals surface area (Å²) in [6, 6.07) is 13.1. The van der Waals surface area contributed by atoms with Gasteiger partial charge < -0.3 is 5.11 Å². The zero-order valence-corrected chi connectivity index (χ0v) is 11.4. The van der Waals surface area contributed by atoms with Crippen molar-refractivity contribution in [1.29, 1.82) is 0 Å². The van der Waals surface area contributed by atoms with Crippen LogP contribution in [-0.2, 0) is 6.42 Å². The van der Waals surface area contributed by atoms with Crippen LogP contribution in [0, 0.1) is 19.7 Å². The Morgan fingerprint density at radius 2 is 1.89 bits per heavy atom. The number of aliphatic hydroxyl groups excluding tert-OH is 1. The first-order valence-electron chi connectivity index (χ1n) is 6.56. The van der Waals surface area contributed by atoms with Crippen molar-refractivity contribution in [3.63, 3.8) is 0 Å². The highest BCUT2D eigenvalue weighted by atomic mass is 19.1. The Hall–Kier alpha value is -1.67. The number of aliphatic hydroxyl groups is 1. The summed E-state index contributed by atoms with van der Waals surface area (Å²) in [5.74, 6) is -0.227. The lowest BCUT2D eigenvalue weighted by Crippen LogP contribution is -2.01. The Morgan fingerprint density at radius 1 is 1.11 bits per heavy atom. The second-order valence-electron chi connectivity index (χ2n) is 5.05. The fraction of sp³-hybridized carbons (Fsp3) is 0.294. The first-order valence-corrected chi connectivity index (χ1v) is 6.56. The molecule has 1 N–H and O–H groups in total. The molecule has 2 aromatic rings. The van der Waals surface area contributed by atoms with E-state index in [2.05, 4.69) is 25.1 Å². The van der Waals surface area contributed by atoms with E-state index in [-0.39, 0.29) is 5.82 Å². The number of rotatable bonds is 4. The molecule has 1 atom stereocenters. The van der Waals surface area contributed by atoms with E-state index in [1.54, 1.807) is 19.1 Å². The SMILES string of the molecule is Cc1cccc(CCC(O)c2ccc(F)c(C)c2)c1. The van der Waals surface area contributed by atoms with E-state index in [0.717, 1.165) is 12.0 Å². The average Bonchev–Trinajstić information content (AvgIpc) is 2.39. The first-order chi connectivity index (χ1) is 9.06. The summed E-state index contributed by atoms with van der Waals surface area (Å²) < 4.78 is 13.2. The largest absolute Gasteiger partial charge is 0.388 e. The third-order valence-electron chi connectivity index (χ3n) is 3.36. The van der Waals surface area contributed by atoms with Crippen molar-refractivity contribution in [3.8, 4) is 0 Å². The zero-order chi connectivity index (χ0) is 13.8. The van der Waals surface area contributed by atoms with E-state index >= 15 is 0 Å². The Bertz CT molecular complexity index is 563. The molecule has 0 spiro atoms. The third kappa shape index (κ3) is 3.65. The molecule has 0 saturated carbocycles. The molecule has 0 aromatic heterocycles. The molecule has 0 aliphatic carbocycles. The normalized spacial score (nSPS) is 12.4. The van der Waals surface area contributed by atoms with Crippen LogP contribution >= 0.6 is 0 Å². The molecule has 0 fully saturated rings. The van der Waals surface area contributed by atoms with Gasteiger partial charge in [-0.3, -0.25) is 0 Å². The average molecular weight is 258 g/mol. The van der Waals surface area contributed by atoms with Crippen LogP contribution in [0.3, 0.4) is 0 Å². The monoisotopic (exact) mass is 258 g/mol. The Balaban J connectivity index is 2.01. The standard InChI is InChI=1S/C17H19FO/c1-12-4-3-5-14(10-12)6-9-17(19)15-7-8-16(18)13(2)11-15/h3-5,7-8,10-11,17,19H,6,9H2,1-2H3. The number of halogens is 1. The van der Waals surface area contributed by atoms with Crippen molar-refractivity contribution in [2.24, 2.45) is 0 Å². The quantitative estimate of drug-likeness (QED) is 0.875. The molecule has 1 unspecified atom stereocenters. The Labute approximate surface area is 113 Å². The summed E-state index contributed by atoms with van der Waals surface area (Å²) in [4.78, 5) is 0. The van der Waals surface area contributed by atoms with Crippen molar-refractivity contribution in [2.75, 3.05) is 0 Å². The van der Waals surface area contributed by atoms with Crippen LogP contribution in [-0.4, -0.2) is 5.11 Å². The molecule has 0 amide bonds. The Kier molecular flexibility index (Phi) is 4.33. The maximum atomic E-state index is 13.2. The van der Waals surface area contributed by atoms with E-state index < -0.39 is 6.10 Å². The van der Waals surface area contributed by atoms with E-state index in [0.29, 0.717) is 12.0 Å². The van der Waals surface area contributed by atoms with E-state index in [1.165, 1.54) is 17.2 Å². The minimum absolute atomic E-state index is 0.227. The molecular formula is C17H19FO. The molecule has 0 bridgehead atoms. The van der Waals surface area contributed by atoms with Gasteiger partial charge in [0.1, 0.15) is 5.82 Å². The van der Waals surface area contributed by atoms with Gasteiger partial charge in [0.25, 0.3) is 0 Å². The smallest absolute Gasteiger partial charge is 0.126 e. The van der Waals surface area contributed by atoms with Crippen LogP contribution in [0.2, 0.25) is 0 Å². The predicted molar refractivity (Wildman–Crippen MR) is 75.6 cm³/mol. The molecule has 0 aliphatic heterocycles. The van der Waals surface area contributed by atoms with Crippen molar-refractivity contribution in [2.45, 2.75) is 32.8 Å². The van der Waals surface area contributed by atoms with Gasteiger partial charge in [0.2, 0.25) is 0 Å². The molecule has 1 nitrogen and oxygen atoms in total. The molecule has 0 saturated heterocycles. The maximum Gasteiger partial charge on any atom is 0.126 e. The van der Waals surface area contributed by atoms with E-state index in [9.17, 15) is 9.50 Å². The van der Waals surface area contributed by atoms with Gasteiger partial charge in [-0.05, 0) is 49.4 Å². The third-order valence-corrected chi connectivity index (χ3v) is 3.36. The van der Waals surface area contributed by atoms with Crippen LogP contribution in [0.5, 0.6) is 0 Å². The summed E-state index contributed by atoms with van der Waals surface area (Å²) in [5.41, 5.74) is 3.81. The number of hydrogen-bond acceptors (Lipinski definition) is 1. The lowest BCUT2D eigenvalue weighted by molar-refractivity contribution is 0.167. The second kappa shape index (κ2) is 5.98. The molecule has 100 valence electrons. The highest BCUT2D eigenvalue weighted by Crippen LogP contribution is 2.21. The summed E-state index contributed by atoms with van der Waals surface area (Å²) in [7, 11) is 0. The highest BCUT2D eigenvalue weighted by molar-refractivity contribution is 5.26. The summed E-state index contributed by atoms with van der Waals surface area (Å²) >= 11 is 0. The molecule has 0 aliphatic rings. The van der Waals surface area contributed by atoms with Crippen LogP contribution in [0.15, 0.2) is 42.5 Å². The molecule has 0 radical (unpaired) electrons. The van der Waals surface area contributed by atoms with Gasteiger partial charge in [-0.2, -0.15) is 0 Å². The lowest BCUT2D eigenvalue weighted by Gasteiger charge is -2.12. The van der Waals surface area contributed by atoms with Crippen molar-refractivity contribution < 1.29 is 9.50 Å². The van der Waals surface area contributed by atoms with Gasteiger partial charge in [0, 0.05) is 0 Å². The van der Waals surface area contributed by atoms with Gasteiger partial charge >= 0.3 is 0 Å². The fourth-order valence-corrected chi connectivity index (χ4v) is 2.21. The zero-order valence-electron chi connectivity index (χ0n) is 11.4. The van der Waals surface area contributed by atoms with Crippen molar-refractivity contribution in [3.05, 3.63) is 70.5 Å². The van der Waals surface area contributed by atoms with Crippen LogP contribution in [0.1, 0.15) is 34.8 Å². The second-order valence-corrected chi connectivity index (χ2v) is 5.05. The van der Waals surface area contributed by atoms with E-state index in [4.69, 9.17) is 0 Å². The first kappa shape index (κ1) is 13.8. The van der Waals surface area contributed by atoms with Crippen LogP contribution in [0.4, 0.5) is 4.39 Å². The van der Waals surface area contributed by atoms with Gasteiger partial charge in [0.15, 0.2) is 0 Å². The number of hydrogen-bond donors (Lipinski definition) is 1. The number of benzene rings is 2. The van der Waals surface area contributed by atoms with Crippen LogP contribution < -0.4 is 0 Å². The Morgan fingerprint density at radius 3 is 2.58 bits per heavy atom. The van der Waals surface area contributed by atoms with Crippen molar-refractivity contribution >= 4 is 0 Å². The van der Waals surface area contributed by atoms with Gasteiger partial charge in [-0.15, -0.1) is 0 Å². The van der Waals surface area contributed by atoms with E-state index in [1.807, 2.05) is 6.07 Å².